The van der Waals surface area contributed by atoms with Gasteiger partial charge in [-0.2, -0.15) is 0 Å². The summed E-state index contributed by atoms with van der Waals surface area (Å²) in [4.78, 5) is 28.9. The molecule has 0 saturated carbocycles. The van der Waals surface area contributed by atoms with Crippen molar-refractivity contribution in [3.05, 3.63) is 72.1 Å². The van der Waals surface area contributed by atoms with Crippen molar-refractivity contribution in [2.45, 2.75) is 37.5 Å². The number of aliphatic imine (C=N–C) groups is 1. The SMILES string of the molecule is CN(C1=Nc2ccccc2CS1)C1CCN(CCCCOc2cccc(F)c2)CC1.O=C(O)C=CC(=O)O. The van der Waals surface area contributed by atoms with Gasteiger partial charge in [-0.1, -0.05) is 36.0 Å². The molecule has 0 aromatic heterocycles. The number of thioether (sulfide) groups is 1. The van der Waals surface area contributed by atoms with Gasteiger partial charge in [-0.3, -0.25) is 0 Å². The molecule has 2 aromatic carbocycles. The molecular formula is C28H34FN3O5S. The smallest absolute Gasteiger partial charge is 0.328 e. The van der Waals surface area contributed by atoms with Crippen molar-refractivity contribution >= 4 is 34.6 Å². The molecule has 0 bridgehead atoms. The topological polar surface area (TPSA) is 103 Å². The van der Waals surface area contributed by atoms with E-state index in [-0.39, 0.29) is 5.82 Å². The van der Waals surface area contributed by atoms with Crippen molar-refractivity contribution in [3.63, 3.8) is 0 Å². The van der Waals surface area contributed by atoms with E-state index in [1.807, 2.05) is 11.8 Å². The van der Waals surface area contributed by atoms with Gasteiger partial charge in [0.25, 0.3) is 0 Å². The van der Waals surface area contributed by atoms with Crippen molar-refractivity contribution in [2.24, 2.45) is 4.99 Å². The normalized spacial score (nSPS) is 15.7. The maximum atomic E-state index is 13.2. The fourth-order valence-electron chi connectivity index (χ4n) is 4.21. The van der Waals surface area contributed by atoms with Gasteiger partial charge in [0.2, 0.25) is 0 Å². The van der Waals surface area contributed by atoms with Crippen LogP contribution in [0.5, 0.6) is 5.75 Å². The van der Waals surface area contributed by atoms with Crippen LogP contribution in [0, 0.1) is 5.82 Å². The van der Waals surface area contributed by atoms with Gasteiger partial charge in [-0.05, 0) is 56.0 Å². The number of fused-ring (bicyclic) bond motifs is 1. The molecule has 0 atom stereocenters. The number of aliphatic carboxylic acids is 2. The largest absolute Gasteiger partial charge is 0.493 e. The molecule has 8 nitrogen and oxygen atoms in total. The summed E-state index contributed by atoms with van der Waals surface area (Å²) in [6.45, 7) is 4.01. The summed E-state index contributed by atoms with van der Waals surface area (Å²) in [6, 6.07) is 15.4. The molecule has 0 amide bonds. The molecule has 204 valence electrons. The van der Waals surface area contributed by atoms with E-state index < -0.39 is 11.9 Å². The van der Waals surface area contributed by atoms with Crippen LogP contribution in [0.1, 0.15) is 31.2 Å². The van der Waals surface area contributed by atoms with Gasteiger partial charge in [0, 0.05) is 50.2 Å². The molecule has 2 aliphatic heterocycles. The molecule has 0 unspecified atom stereocenters. The Labute approximate surface area is 226 Å². The van der Waals surface area contributed by atoms with Gasteiger partial charge in [-0.25, -0.2) is 19.0 Å². The van der Waals surface area contributed by atoms with Gasteiger partial charge in [0.15, 0.2) is 5.17 Å². The van der Waals surface area contributed by atoms with E-state index in [9.17, 15) is 14.0 Å². The van der Waals surface area contributed by atoms with Gasteiger partial charge in [0.05, 0.1) is 12.3 Å². The van der Waals surface area contributed by atoms with Crippen molar-refractivity contribution in [1.82, 2.24) is 9.80 Å². The van der Waals surface area contributed by atoms with Crippen LogP contribution in [-0.2, 0) is 15.3 Å². The first kappa shape index (κ1) is 29.2. The fraction of sp³-hybridized carbons (Fsp3) is 0.393. The highest BCUT2D eigenvalue weighted by Crippen LogP contribution is 2.32. The molecule has 38 heavy (non-hydrogen) atoms. The third-order valence-electron chi connectivity index (χ3n) is 6.27. The third-order valence-corrected chi connectivity index (χ3v) is 7.37. The van der Waals surface area contributed by atoms with Crippen LogP contribution < -0.4 is 4.74 Å². The Morgan fingerprint density at radius 1 is 1.11 bits per heavy atom. The Balaban J connectivity index is 0.000000436. The molecule has 1 saturated heterocycles. The Bertz CT molecular complexity index is 1120. The number of unbranched alkanes of at least 4 members (excludes halogenated alkanes) is 1. The van der Waals surface area contributed by atoms with Gasteiger partial charge in [-0.15, -0.1) is 0 Å². The van der Waals surface area contributed by atoms with Crippen molar-refractivity contribution in [2.75, 3.05) is 33.3 Å². The first-order valence-corrected chi connectivity index (χ1v) is 13.6. The molecule has 2 heterocycles. The average Bonchev–Trinajstić information content (AvgIpc) is 2.92. The number of carboxylic acid groups (broad SMARTS) is 2. The number of benzene rings is 2. The molecule has 2 N–H and O–H groups in total. The minimum Gasteiger partial charge on any atom is -0.493 e. The van der Waals surface area contributed by atoms with Crippen LogP contribution >= 0.6 is 11.8 Å². The number of hydrogen-bond acceptors (Lipinski definition) is 7. The maximum absolute atomic E-state index is 13.2. The monoisotopic (exact) mass is 543 g/mol. The second kappa shape index (κ2) is 15.1. The zero-order chi connectivity index (χ0) is 27.3. The molecule has 0 spiro atoms. The quantitative estimate of drug-likeness (QED) is 0.336. The maximum Gasteiger partial charge on any atom is 0.328 e. The van der Waals surface area contributed by atoms with E-state index >= 15 is 0 Å². The number of hydrogen-bond donors (Lipinski definition) is 2. The fourth-order valence-corrected chi connectivity index (χ4v) is 5.26. The summed E-state index contributed by atoms with van der Waals surface area (Å²) in [5.74, 6) is -1.14. The predicted molar refractivity (Wildman–Crippen MR) is 148 cm³/mol. The number of likely N-dealkylation sites (tertiary alicyclic amines) is 1. The highest BCUT2D eigenvalue weighted by Gasteiger charge is 2.26. The number of carbonyl (C=O) groups is 2. The van der Waals surface area contributed by atoms with E-state index in [1.165, 1.54) is 30.5 Å². The highest BCUT2D eigenvalue weighted by atomic mass is 32.2. The Kier molecular flexibility index (Phi) is 11.6. The standard InChI is InChI=1S/C24H30FN3OS.C4H4O4/c1-27(24-26-23-10-3-2-7-19(23)18-30-24)21-11-14-28(15-12-21)13-4-5-16-29-22-9-6-8-20(25)17-22;5-3(6)1-2-4(7)8/h2-3,6-10,17,21H,4-5,11-16,18H2,1H3;1-2H,(H,5,6)(H,7,8). The first-order chi connectivity index (χ1) is 18.3. The molecular weight excluding hydrogens is 509 g/mol. The second-order valence-corrected chi connectivity index (χ2v) is 9.96. The van der Waals surface area contributed by atoms with Gasteiger partial charge >= 0.3 is 11.9 Å². The summed E-state index contributed by atoms with van der Waals surface area (Å²) < 4.78 is 18.8. The average molecular weight is 544 g/mol. The Morgan fingerprint density at radius 3 is 2.50 bits per heavy atom. The minimum atomic E-state index is -1.26. The minimum absolute atomic E-state index is 0.248. The lowest BCUT2D eigenvalue weighted by atomic mass is 10.0. The van der Waals surface area contributed by atoms with Crippen LogP contribution in [0.15, 0.2) is 65.7 Å². The van der Waals surface area contributed by atoms with Crippen LogP contribution in [0.2, 0.25) is 0 Å². The van der Waals surface area contributed by atoms with E-state index in [0.29, 0.717) is 30.6 Å². The number of para-hydroxylation sites is 1. The van der Waals surface area contributed by atoms with Crippen molar-refractivity contribution < 1.29 is 28.9 Å². The van der Waals surface area contributed by atoms with E-state index in [0.717, 1.165) is 49.1 Å². The molecule has 2 aliphatic rings. The lowest BCUT2D eigenvalue weighted by molar-refractivity contribution is -0.134. The van der Waals surface area contributed by atoms with E-state index in [4.69, 9.17) is 19.9 Å². The Morgan fingerprint density at radius 2 is 1.82 bits per heavy atom. The summed E-state index contributed by atoms with van der Waals surface area (Å²) in [6.07, 6.45) is 5.57. The molecule has 1 fully saturated rings. The Hall–Kier alpha value is -3.37. The van der Waals surface area contributed by atoms with Crippen LogP contribution in [0.3, 0.4) is 0 Å². The summed E-state index contributed by atoms with van der Waals surface area (Å²) in [5, 5.41) is 16.8. The number of halogens is 1. The lowest BCUT2D eigenvalue weighted by Gasteiger charge is -2.38. The number of amidine groups is 1. The van der Waals surface area contributed by atoms with Crippen molar-refractivity contribution in [1.29, 1.82) is 0 Å². The molecule has 0 radical (unpaired) electrons. The molecule has 4 rings (SSSR count). The summed E-state index contributed by atoms with van der Waals surface area (Å²) >= 11 is 1.85. The third kappa shape index (κ3) is 9.83. The van der Waals surface area contributed by atoms with Crippen LogP contribution in [0.25, 0.3) is 0 Å². The zero-order valence-electron chi connectivity index (χ0n) is 21.5. The lowest BCUT2D eigenvalue weighted by Crippen LogP contribution is -2.45. The summed E-state index contributed by atoms with van der Waals surface area (Å²) in [5.41, 5.74) is 2.45. The van der Waals surface area contributed by atoms with E-state index in [2.05, 4.69) is 41.1 Å². The van der Waals surface area contributed by atoms with Gasteiger partial charge in [0.1, 0.15) is 11.6 Å². The number of piperidine rings is 1. The molecule has 10 heteroatoms. The number of rotatable bonds is 9. The molecule has 2 aromatic rings. The van der Waals surface area contributed by atoms with Crippen LogP contribution in [-0.4, -0.2) is 76.4 Å². The first-order valence-electron chi connectivity index (χ1n) is 12.6. The molecule has 0 aliphatic carbocycles. The number of ether oxygens (including phenoxy) is 1. The number of nitrogens with zero attached hydrogens (tertiary/aromatic N) is 3. The zero-order valence-corrected chi connectivity index (χ0v) is 22.3. The van der Waals surface area contributed by atoms with Gasteiger partial charge < -0.3 is 24.7 Å². The van der Waals surface area contributed by atoms with Crippen LogP contribution in [0.4, 0.5) is 10.1 Å². The highest BCUT2D eigenvalue weighted by molar-refractivity contribution is 8.13. The van der Waals surface area contributed by atoms with Crippen molar-refractivity contribution in [3.8, 4) is 5.75 Å². The summed E-state index contributed by atoms with van der Waals surface area (Å²) in [7, 11) is 2.20. The second-order valence-electron chi connectivity index (χ2n) is 9.02. The van der Waals surface area contributed by atoms with E-state index in [1.54, 1.807) is 12.1 Å². The number of carboxylic acids is 2. The predicted octanol–water partition coefficient (Wildman–Crippen LogP) is 5.03.